The molecule has 116 valence electrons. The van der Waals surface area contributed by atoms with Crippen molar-refractivity contribution in [1.29, 1.82) is 0 Å². The van der Waals surface area contributed by atoms with E-state index < -0.39 is 5.97 Å². The molecule has 0 unspecified atom stereocenters. The minimum Gasteiger partial charge on any atom is -0.478 e. The second kappa shape index (κ2) is 5.96. The lowest BCUT2D eigenvalue weighted by atomic mass is 10.1. The number of aromatic carboxylic acids is 1. The molecule has 0 spiro atoms. The van der Waals surface area contributed by atoms with Gasteiger partial charge >= 0.3 is 5.97 Å². The third kappa shape index (κ3) is 2.94. The normalized spacial score (nSPS) is 10.5. The molecule has 5 heteroatoms. The number of benzene rings is 2. The molecule has 0 amide bonds. The summed E-state index contributed by atoms with van der Waals surface area (Å²) in [6.07, 6.45) is 1.39. The fraction of sp³-hybridized carbons (Fsp3) is 0.111. The van der Waals surface area contributed by atoms with Crippen molar-refractivity contribution in [2.45, 2.75) is 0 Å². The number of carbonyl (C=O) groups is 1. The lowest BCUT2D eigenvalue weighted by Gasteiger charge is -2.16. The number of nitrogens with zero attached hydrogens (tertiary/aromatic N) is 2. The van der Waals surface area contributed by atoms with Crippen LogP contribution in [0, 0.1) is 0 Å². The zero-order chi connectivity index (χ0) is 16.4. The average molecular weight is 307 g/mol. The van der Waals surface area contributed by atoms with Crippen molar-refractivity contribution in [2.75, 3.05) is 24.3 Å². The lowest BCUT2D eigenvalue weighted by molar-refractivity contribution is 0.0697. The molecule has 0 aliphatic rings. The molecule has 0 aliphatic heterocycles. The predicted octanol–water partition coefficient (Wildman–Crippen LogP) is 3.74. The molecule has 5 nitrogen and oxygen atoms in total. The van der Waals surface area contributed by atoms with Crippen molar-refractivity contribution in [3.05, 3.63) is 60.3 Å². The van der Waals surface area contributed by atoms with Gasteiger partial charge < -0.3 is 15.3 Å². The summed E-state index contributed by atoms with van der Waals surface area (Å²) in [4.78, 5) is 17.8. The van der Waals surface area contributed by atoms with E-state index in [1.165, 1.54) is 6.20 Å². The molecule has 0 fully saturated rings. The molecular weight excluding hydrogens is 290 g/mol. The van der Waals surface area contributed by atoms with Gasteiger partial charge in [0.15, 0.2) is 0 Å². The van der Waals surface area contributed by atoms with E-state index in [9.17, 15) is 9.90 Å². The first-order valence-electron chi connectivity index (χ1n) is 7.21. The summed E-state index contributed by atoms with van der Waals surface area (Å²) in [5.74, 6) is -1.01. The molecule has 0 radical (unpaired) electrons. The maximum absolute atomic E-state index is 11.6. The third-order valence-electron chi connectivity index (χ3n) is 3.64. The van der Waals surface area contributed by atoms with Crippen molar-refractivity contribution < 1.29 is 9.90 Å². The summed E-state index contributed by atoms with van der Waals surface area (Å²) < 4.78 is 0. The van der Waals surface area contributed by atoms with E-state index in [1.54, 1.807) is 0 Å². The van der Waals surface area contributed by atoms with Crippen LogP contribution in [-0.4, -0.2) is 30.2 Å². The first kappa shape index (κ1) is 14.8. The maximum Gasteiger partial charge on any atom is 0.339 e. The molecule has 1 heterocycles. The van der Waals surface area contributed by atoms with Gasteiger partial charge in [0.25, 0.3) is 0 Å². The molecule has 2 aromatic carbocycles. The van der Waals surface area contributed by atoms with Gasteiger partial charge in [-0.25, -0.2) is 4.79 Å². The van der Waals surface area contributed by atoms with Crippen LogP contribution < -0.4 is 10.2 Å². The Hall–Kier alpha value is -3.08. The summed E-state index contributed by atoms with van der Waals surface area (Å²) in [5, 5.41) is 13.5. The Kier molecular flexibility index (Phi) is 3.85. The van der Waals surface area contributed by atoms with Gasteiger partial charge in [-0.3, -0.25) is 4.98 Å². The van der Waals surface area contributed by atoms with Crippen molar-refractivity contribution in [1.82, 2.24) is 4.98 Å². The van der Waals surface area contributed by atoms with Gasteiger partial charge in [-0.15, -0.1) is 0 Å². The number of carboxylic acid groups (broad SMARTS) is 1. The van der Waals surface area contributed by atoms with E-state index in [0.29, 0.717) is 5.69 Å². The number of pyridine rings is 1. The van der Waals surface area contributed by atoms with Crippen LogP contribution in [0.1, 0.15) is 10.4 Å². The highest BCUT2D eigenvalue weighted by Crippen LogP contribution is 2.31. The number of rotatable bonds is 4. The Bertz CT molecular complexity index is 861. The molecule has 3 rings (SSSR count). The maximum atomic E-state index is 11.6. The molecule has 1 aromatic heterocycles. The molecule has 0 saturated heterocycles. The number of anilines is 3. The Morgan fingerprint density at radius 2 is 1.87 bits per heavy atom. The van der Waals surface area contributed by atoms with E-state index >= 15 is 0 Å². The average Bonchev–Trinajstić information content (AvgIpc) is 2.55. The number of aromatic nitrogens is 1. The van der Waals surface area contributed by atoms with Gasteiger partial charge in [-0.1, -0.05) is 18.2 Å². The van der Waals surface area contributed by atoms with Crippen molar-refractivity contribution >= 4 is 33.9 Å². The van der Waals surface area contributed by atoms with Crippen LogP contribution in [0.5, 0.6) is 0 Å². The second-order valence-electron chi connectivity index (χ2n) is 5.44. The molecule has 0 bridgehead atoms. The Balaban J connectivity index is 2.23. The zero-order valence-corrected chi connectivity index (χ0v) is 12.9. The number of para-hydroxylation sites is 1. The fourth-order valence-corrected chi connectivity index (χ4v) is 2.42. The van der Waals surface area contributed by atoms with Gasteiger partial charge in [0, 0.05) is 37.1 Å². The quantitative estimate of drug-likeness (QED) is 0.768. The van der Waals surface area contributed by atoms with Gasteiger partial charge in [0.1, 0.15) is 5.56 Å². The Labute approximate surface area is 134 Å². The third-order valence-corrected chi connectivity index (χ3v) is 3.64. The minimum absolute atomic E-state index is 0.150. The number of fused-ring (bicyclic) bond motifs is 1. The summed E-state index contributed by atoms with van der Waals surface area (Å²) >= 11 is 0. The summed E-state index contributed by atoms with van der Waals surface area (Å²) in [7, 11) is 3.89. The van der Waals surface area contributed by atoms with Crippen LogP contribution in [0.4, 0.5) is 17.1 Å². The number of carboxylic acids is 1. The van der Waals surface area contributed by atoms with E-state index in [0.717, 1.165) is 22.3 Å². The summed E-state index contributed by atoms with van der Waals surface area (Å²) in [6, 6.07) is 15.3. The summed E-state index contributed by atoms with van der Waals surface area (Å²) in [6.45, 7) is 0. The van der Waals surface area contributed by atoms with E-state index in [4.69, 9.17) is 0 Å². The Morgan fingerprint density at radius 3 is 2.52 bits per heavy atom. The van der Waals surface area contributed by atoms with Gasteiger partial charge in [-0.05, 0) is 30.3 Å². The standard InChI is InChI=1S/C18H17N3O2/c1-21(2)13-8-9-16-14(10-13)17(15(11-19-16)18(22)23)20-12-6-4-3-5-7-12/h3-11H,1-2H3,(H,19,20)(H,22,23). The van der Waals surface area contributed by atoms with Crippen molar-refractivity contribution in [2.24, 2.45) is 0 Å². The first-order valence-corrected chi connectivity index (χ1v) is 7.21. The molecule has 2 N–H and O–H groups in total. The van der Waals surface area contributed by atoms with Gasteiger partial charge in [0.2, 0.25) is 0 Å². The molecule has 3 aromatic rings. The molecule has 0 saturated carbocycles. The smallest absolute Gasteiger partial charge is 0.339 e. The van der Waals surface area contributed by atoms with E-state index in [2.05, 4.69) is 10.3 Å². The monoisotopic (exact) mass is 307 g/mol. The van der Waals surface area contributed by atoms with Gasteiger partial charge in [0.05, 0.1) is 11.2 Å². The highest BCUT2D eigenvalue weighted by molar-refractivity contribution is 6.06. The minimum atomic E-state index is -1.01. The van der Waals surface area contributed by atoms with Crippen LogP contribution in [-0.2, 0) is 0 Å². The topological polar surface area (TPSA) is 65.5 Å². The fourth-order valence-electron chi connectivity index (χ4n) is 2.42. The Morgan fingerprint density at radius 1 is 1.13 bits per heavy atom. The molecular formula is C18H17N3O2. The molecule has 23 heavy (non-hydrogen) atoms. The highest BCUT2D eigenvalue weighted by Gasteiger charge is 2.15. The van der Waals surface area contributed by atoms with E-state index in [-0.39, 0.29) is 5.56 Å². The molecule has 0 atom stereocenters. The van der Waals surface area contributed by atoms with Crippen LogP contribution >= 0.6 is 0 Å². The number of hydrogen-bond acceptors (Lipinski definition) is 4. The summed E-state index contributed by atoms with van der Waals surface area (Å²) in [5.41, 5.74) is 3.27. The number of nitrogens with one attached hydrogen (secondary N) is 1. The molecule has 0 aliphatic carbocycles. The van der Waals surface area contributed by atoms with Crippen LogP contribution in [0.3, 0.4) is 0 Å². The van der Waals surface area contributed by atoms with Crippen LogP contribution in [0.15, 0.2) is 54.7 Å². The largest absolute Gasteiger partial charge is 0.478 e. The predicted molar refractivity (Wildman–Crippen MR) is 92.8 cm³/mol. The van der Waals surface area contributed by atoms with Crippen molar-refractivity contribution in [3.8, 4) is 0 Å². The van der Waals surface area contributed by atoms with Crippen LogP contribution in [0.2, 0.25) is 0 Å². The second-order valence-corrected chi connectivity index (χ2v) is 5.44. The SMILES string of the molecule is CN(C)c1ccc2ncc(C(=O)O)c(Nc3ccccc3)c2c1. The lowest BCUT2D eigenvalue weighted by Crippen LogP contribution is -2.09. The highest BCUT2D eigenvalue weighted by atomic mass is 16.4. The van der Waals surface area contributed by atoms with E-state index in [1.807, 2.05) is 67.5 Å². The van der Waals surface area contributed by atoms with Crippen molar-refractivity contribution in [3.63, 3.8) is 0 Å². The van der Waals surface area contributed by atoms with Crippen LogP contribution in [0.25, 0.3) is 10.9 Å². The van der Waals surface area contributed by atoms with Gasteiger partial charge in [-0.2, -0.15) is 0 Å². The first-order chi connectivity index (χ1) is 11.1. The zero-order valence-electron chi connectivity index (χ0n) is 12.9. The number of hydrogen-bond donors (Lipinski definition) is 2.